The largest absolute Gasteiger partial charge is 0.459 e. The van der Waals surface area contributed by atoms with Gasteiger partial charge >= 0.3 is 5.97 Å². The van der Waals surface area contributed by atoms with Gasteiger partial charge in [0.05, 0.1) is 0 Å². The molecule has 21 heavy (non-hydrogen) atoms. The molecule has 0 radical (unpaired) electrons. The van der Waals surface area contributed by atoms with E-state index in [0.29, 0.717) is 17.0 Å². The van der Waals surface area contributed by atoms with Crippen LogP contribution in [0.1, 0.15) is 56.0 Å². The predicted molar refractivity (Wildman–Crippen MR) is 82.7 cm³/mol. The van der Waals surface area contributed by atoms with Crippen molar-refractivity contribution in [2.45, 2.75) is 52.1 Å². The molecule has 0 heterocycles. The third-order valence-corrected chi connectivity index (χ3v) is 4.84. The van der Waals surface area contributed by atoms with E-state index in [9.17, 15) is 9.59 Å². The van der Waals surface area contributed by atoms with Gasteiger partial charge in [-0.2, -0.15) is 0 Å². The molecule has 2 rings (SSSR count). The SMILES string of the molecule is CCC(CC)(CC)OC(=O)C1Cc2cc(Cl)ccc2C1=O. The van der Waals surface area contributed by atoms with E-state index in [1.807, 2.05) is 20.8 Å². The monoisotopic (exact) mass is 308 g/mol. The second-order valence-electron chi connectivity index (χ2n) is 5.59. The molecule has 0 fully saturated rings. The third-order valence-electron chi connectivity index (χ3n) is 4.61. The van der Waals surface area contributed by atoms with E-state index in [1.54, 1.807) is 18.2 Å². The Hall–Kier alpha value is -1.35. The first-order chi connectivity index (χ1) is 9.96. The fraction of sp³-hybridized carbons (Fsp3) is 0.529. The van der Waals surface area contributed by atoms with Gasteiger partial charge in [-0.1, -0.05) is 32.4 Å². The average Bonchev–Trinajstić information content (AvgIpc) is 2.81. The number of carbonyl (C=O) groups excluding carboxylic acids is 2. The number of esters is 1. The molecule has 114 valence electrons. The van der Waals surface area contributed by atoms with Gasteiger partial charge in [-0.3, -0.25) is 9.59 Å². The Balaban J connectivity index is 2.18. The highest BCUT2D eigenvalue weighted by Gasteiger charge is 2.40. The number of ether oxygens (including phenoxy) is 1. The van der Waals surface area contributed by atoms with E-state index >= 15 is 0 Å². The van der Waals surface area contributed by atoms with Crippen molar-refractivity contribution in [3.63, 3.8) is 0 Å². The van der Waals surface area contributed by atoms with Gasteiger partial charge in [0.1, 0.15) is 11.5 Å². The molecule has 1 atom stereocenters. The van der Waals surface area contributed by atoms with Crippen molar-refractivity contribution < 1.29 is 14.3 Å². The summed E-state index contributed by atoms with van der Waals surface area (Å²) >= 11 is 5.94. The van der Waals surface area contributed by atoms with E-state index in [-0.39, 0.29) is 5.78 Å². The van der Waals surface area contributed by atoms with Gasteiger partial charge in [-0.05, 0) is 49.4 Å². The topological polar surface area (TPSA) is 43.4 Å². The van der Waals surface area contributed by atoms with E-state index in [1.165, 1.54) is 0 Å². The molecule has 0 aliphatic heterocycles. The summed E-state index contributed by atoms with van der Waals surface area (Å²) < 4.78 is 5.71. The maximum atomic E-state index is 12.4. The first-order valence-corrected chi connectivity index (χ1v) is 7.89. The van der Waals surface area contributed by atoms with E-state index in [2.05, 4.69) is 0 Å². The molecule has 1 aromatic rings. The van der Waals surface area contributed by atoms with Crippen molar-refractivity contribution in [1.29, 1.82) is 0 Å². The first-order valence-electron chi connectivity index (χ1n) is 7.51. The summed E-state index contributed by atoms with van der Waals surface area (Å²) in [5.74, 6) is -1.27. The lowest BCUT2D eigenvalue weighted by atomic mass is 9.93. The molecule has 0 aromatic heterocycles. The lowest BCUT2D eigenvalue weighted by Gasteiger charge is -2.31. The average molecular weight is 309 g/mol. The van der Waals surface area contributed by atoms with Crippen molar-refractivity contribution in [3.05, 3.63) is 34.3 Å². The van der Waals surface area contributed by atoms with E-state index in [0.717, 1.165) is 24.8 Å². The Morgan fingerprint density at radius 2 is 1.90 bits per heavy atom. The Morgan fingerprint density at radius 3 is 2.48 bits per heavy atom. The quantitative estimate of drug-likeness (QED) is 0.604. The van der Waals surface area contributed by atoms with Crippen molar-refractivity contribution >= 4 is 23.4 Å². The molecule has 4 heteroatoms. The molecule has 1 unspecified atom stereocenters. The van der Waals surface area contributed by atoms with Crippen molar-refractivity contribution in [3.8, 4) is 0 Å². The molecule has 0 N–H and O–H groups in total. The van der Waals surface area contributed by atoms with Crippen LogP contribution < -0.4 is 0 Å². The van der Waals surface area contributed by atoms with Crippen molar-refractivity contribution in [1.82, 2.24) is 0 Å². The number of hydrogen-bond donors (Lipinski definition) is 0. The molecule has 0 spiro atoms. The zero-order valence-corrected chi connectivity index (χ0v) is 13.5. The number of benzene rings is 1. The Labute approximate surface area is 130 Å². The van der Waals surface area contributed by atoms with Crippen LogP contribution in [0.4, 0.5) is 0 Å². The molecular formula is C17H21ClO3. The van der Waals surface area contributed by atoms with Crippen LogP contribution in [0, 0.1) is 5.92 Å². The minimum Gasteiger partial charge on any atom is -0.459 e. The summed E-state index contributed by atoms with van der Waals surface area (Å²) in [6, 6.07) is 5.13. The van der Waals surface area contributed by atoms with Crippen LogP contribution in [0.25, 0.3) is 0 Å². The number of Topliss-reactive ketones (excluding diaryl/α,β-unsaturated/α-hetero) is 1. The molecule has 0 amide bonds. The standard InChI is InChI=1S/C17H21ClO3/c1-4-17(5-2,6-3)21-16(20)14-10-11-9-12(18)7-8-13(11)15(14)19/h7-9,14H,4-6,10H2,1-3H3. The van der Waals surface area contributed by atoms with Gasteiger partial charge in [0, 0.05) is 10.6 Å². The molecule has 1 aliphatic carbocycles. The minimum absolute atomic E-state index is 0.149. The molecule has 0 saturated heterocycles. The Kier molecular flexibility index (Phi) is 4.72. The normalized spacial score (nSPS) is 17.7. The number of ketones is 1. The molecule has 0 bridgehead atoms. The maximum Gasteiger partial charge on any atom is 0.317 e. The number of halogens is 1. The van der Waals surface area contributed by atoms with Crippen LogP contribution in [-0.4, -0.2) is 17.4 Å². The number of rotatable bonds is 5. The van der Waals surface area contributed by atoms with Crippen LogP contribution in [0.15, 0.2) is 18.2 Å². The van der Waals surface area contributed by atoms with Gasteiger partial charge in [-0.15, -0.1) is 0 Å². The number of carbonyl (C=O) groups is 2. The summed E-state index contributed by atoms with van der Waals surface area (Å²) in [6.45, 7) is 6.02. The summed E-state index contributed by atoms with van der Waals surface area (Å²) in [5, 5.41) is 0.584. The zero-order valence-electron chi connectivity index (χ0n) is 12.7. The number of hydrogen-bond acceptors (Lipinski definition) is 3. The van der Waals surface area contributed by atoms with Gasteiger partial charge in [0.2, 0.25) is 0 Å². The first kappa shape index (κ1) is 16.0. The summed E-state index contributed by atoms with van der Waals surface area (Å²) in [7, 11) is 0. The Morgan fingerprint density at radius 1 is 1.29 bits per heavy atom. The van der Waals surface area contributed by atoms with Gasteiger partial charge in [0.25, 0.3) is 0 Å². The highest BCUT2D eigenvalue weighted by molar-refractivity contribution is 6.31. The summed E-state index contributed by atoms with van der Waals surface area (Å²) in [6.07, 6.45) is 2.66. The molecule has 3 nitrogen and oxygen atoms in total. The fourth-order valence-electron chi connectivity index (χ4n) is 2.91. The number of fused-ring (bicyclic) bond motifs is 1. The highest BCUT2D eigenvalue weighted by atomic mass is 35.5. The summed E-state index contributed by atoms with van der Waals surface area (Å²) in [4.78, 5) is 24.8. The Bertz CT molecular complexity index is 553. The maximum absolute atomic E-state index is 12.4. The van der Waals surface area contributed by atoms with Crippen molar-refractivity contribution in [2.24, 2.45) is 5.92 Å². The van der Waals surface area contributed by atoms with E-state index < -0.39 is 17.5 Å². The molecule has 1 aromatic carbocycles. The third kappa shape index (κ3) is 2.98. The predicted octanol–water partition coefficient (Wildman–Crippen LogP) is 4.21. The van der Waals surface area contributed by atoms with Gasteiger partial charge < -0.3 is 4.74 Å². The zero-order chi connectivity index (χ0) is 15.6. The van der Waals surface area contributed by atoms with Crippen molar-refractivity contribution in [2.75, 3.05) is 0 Å². The molecular weight excluding hydrogens is 288 g/mol. The minimum atomic E-state index is -0.720. The lowest BCUT2D eigenvalue weighted by molar-refractivity contribution is -0.164. The van der Waals surface area contributed by atoms with Crippen LogP contribution in [-0.2, 0) is 16.0 Å². The second-order valence-corrected chi connectivity index (χ2v) is 6.02. The molecule has 0 saturated carbocycles. The van der Waals surface area contributed by atoms with Crippen LogP contribution in [0.3, 0.4) is 0 Å². The molecule has 1 aliphatic rings. The fourth-order valence-corrected chi connectivity index (χ4v) is 3.11. The van der Waals surface area contributed by atoms with Crippen LogP contribution >= 0.6 is 11.6 Å². The van der Waals surface area contributed by atoms with E-state index in [4.69, 9.17) is 16.3 Å². The lowest BCUT2D eigenvalue weighted by Crippen LogP contribution is -2.37. The smallest absolute Gasteiger partial charge is 0.317 e. The highest BCUT2D eigenvalue weighted by Crippen LogP contribution is 2.32. The summed E-state index contributed by atoms with van der Waals surface area (Å²) in [5.41, 5.74) is 0.977. The van der Waals surface area contributed by atoms with Gasteiger partial charge in [-0.25, -0.2) is 0 Å². The van der Waals surface area contributed by atoms with Gasteiger partial charge in [0.15, 0.2) is 5.78 Å². The van der Waals surface area contributed by atoms with Crippen LogP contribution in [0.5, 0.6) is 0 Å². The second kappa shape index (κ2) is 6.18. The van der Waals surface area contributed by atoms with Crippen LogP contribution in [0.2, 0.25) is 5.02 Å².